The maximum atomic E-state index is 11.7. The van der Waals surface area contributed by atoms with Gasteiger partial charge in [-0.25, -0.2) is 0 Å². The van der Waals surface area contributed by atoms with Gasteiger partial charge in [0.15, 0.2) is 0 Å². The average molecular weight is 268 g/mol. The van der Waals surface area contributed by atoms with E-state index in [1.165, 1.54) is 12.8 Å². The van der Waals surface area contributed by atoms with Crippen LogP contribution in [0.25, 0.3) is 0 Å². The van der Waals surface area contributed by atoms with Crippen molar-refractivity contribution in [2.45, 2.75) is 51.5 Å². The fourth-order valence-electron chi connectivity index (χ4n) is 3.80. The fourth-order valence-corrected chi connectivity index (χ4v) is 3.80. The van der Waals surface area contributed by atoms with Crippen LogP contribution in [0.4, 0.5) is 0 Å². The standard InChI is InChI=1S/C15H28N2O2/c1-3-7-15(14(18)19)8-4-9-17(12-15)13-5-10-16(2)11-6-13/h13H,3-12H2,1-2H3,(H,18,19). The van der Waals surface area contributed by atoms with Gasteiger partial charge in [-0.15, -0.1) is 0 Å². The fraction of sp³-hybridized carbons (Fsp3) is 0.933. The van der Waals surface area contributed by atoms with E-state index in [0.717, 1.165) is 51.9 Å². The Bertz CT molecular complexity index is 309. The van der Waals surface area contributed by atoms with Crippen molar-refractivity contribution in [2.75, 3.05) is 33.2 Å². The summed E-state index contributed by atoms with van der Waals surface area (Å²) in [5.74, 6) is -0.577. The Morgan fingerprint density at radius 1 is 1.32 bits per heavy atom. The minimum atomic E-state index is -0.577. The van der Waals surface area contributed by atoms with Crippen LogP contribution in [0.15, 0.2) is 0 Å². The first-order chi connectivity index (χ1) is 9.07. The Balaban J connectivity index is 2.01. The molecule has 0 amide bonds. The van der Waals surface area contributed by atoms with Gasteiger partial charge in [0.2, 0.25) is 0 Å². The molecule has 0 saturated carbocycles. The second-order valence-electron chi connectivity index (χ2n) is 6.44. The predicted molar refractivity (Wildman–Crippen MR) is 76.3 cm³/mol. The van der Waals surface area contributed by atoms with E-state index in [-0.39, 0.29) is 0 Å². The maximum absolute atomic E-state index is 11.7. The molecule has 2 saturated heterocycles. The highest BCUT2D eigenvalue weighted by Crippen LogP contribution is 2.36. The largest absolute Gasteiger partial charge is 0.481 e. The van der Waals surface area contributed by atoms with Gasteiger partial charge in [0, 0.05) is 12.6 Å². The lowest BCUT2D eigenvalue weighted by atomic mass is 9.75. The molecule has 0 aromatic rings. The molecule has 0 aromatic carbocycles. The zero-order valence-corrected chi connectivity index (χ0v) is 12.4. The van der Waals surface area contributed by atoms with E-state index in [9.17, 15) is 9.90 Å². The van der Waals surface area contributed by atoms with E-state index in [2.05, 4.69) is 23.8 Å². The molecule has 4 heteroatoms. The number of carbonyl (C=O) groups is 1. The van der Waals surface area contributed by atoms with Crippen molar-refractivity contribution in [1.29, 1.82) is 0 Å². The second kappa shape index (κ2) is 6.23. The van der Waals surface area contributed by atoms with Crippen LogP contribution in [-0.2, 0) is 4.79 Å². The number of hydrogen-bond acceptors (Lipinski definition) is 3. The van der Waals surface area contributed by atoms with Crippen LogP contribution in [0.2, 0.25) is 0 Å². The second-order valence-corrected chi connectivity index (χ2v) is 6.44. The van der Waals surface area contributed by atoms with Gasteiger partial charge in [0.25, 0.3) is 0 Å². The highest BCUT2D eigenvalue weighted by atomic mass is 16.4. The Hall–Kier alpha value is -0.610. The van der Waals surface area contributed by atoms with Crippen molar-refractivity contribution in [2.24, 2.45) is 5.41 Å². The molecule has 1 unspecified atom stereocenters. The van der Waals surface area contributed by atoms with Gasteiger partial charge >= 0.3 is 5.97 Å². The molecular formula is C15H28N2O2. The molecule has 2 rings (SSSR count). The van der Waals surface area contributed by atoms with Crippen molar-refractivity contribution in [3.05, 3.63) is 0 Å². The molecule has 0 aromatic heterocycles. The van der Waals surface area contributed by atoms with Crippen molar-refractivity contribution >= 4 is 5.97 Å². The molecule has 19 heavy (non-hydrogen) atoms. The Labute approximate surface area is 116 Å². The summed E-state index contributed by atoms with van der Waals surface area (Å²) in [7, 11) is 2.17. The third kappa shape index (κ3) is 3.29. The lowest BCUT2D eigenvalue weighted by molar-refractivity contribution is -0.154. The van der Waals surface area contributed by atoms with Gasteiger partial charge < -0.3 is 10.0 Å². The summed E-state index contributed by atoms with van der Waals surface area (Å²) in [6.45, 7) is 6.25. The molecule has 2 aliphatic rings. The molecular weight excluding hydrogens is 240 g/mol. The molecule has 1 N–H and O–H groups in total. The quantitative estimate of drug-likeness (QED) is 0.847. The van der Waals surface area contributed by atoms with Crippen molar-refractivity contribution in [3.63, 3.8) is 0 Å². The average Bonchev–Trinajstić information content (AvgIpc) is 2.40. The van der Waals surface area contributed by atoms with Crippen LogP contribution in [0.3, 0.4) is 0 Å². The summed E-state index contributed by atoms with van der Waals surface area (Å²) in [5, 5.41) is 9.64. The van der Waals surface area contributed by atoms with Crippen LogP contribution >= 0.6 is 0 Å². The third-order valence-electron chi connectivity index (χ3n) is 4.99. The van der Waals surface area contributed by atoms with Gasteiger partial charge in [-0.1, -0.05) is 13.3 Å². The number of hydrogen-bond donors (Lipinski definition) is 1. The molecule has 110 valence electrons. The molecule has 0 bridgehead atoms. The smallest absolute Gasteiger partial charge is 0.310 e. The zero-order chi connectivity index (χ0) is 13.9. The highest BCUT2D eigenvalue weighted by molar-refractivity contribution is 5.75. The van der Waals surface area contributed by atoms with Crippen molar-refractivity contribution < 1.29 is 9.90 Å². The van der Waals surface area contributed by atoms with Gasteiger partial charge in [-0.3, -0.25) is 9.69 Å². The summed E-state index contributed by atoms with van der Waals surface area (Å²) in [5.41, 5.74) is -0.476. The summed E-state index contributed by atoms with van der Waals surface area (Å²) < 4.78 is 0. The van der Waals surface area contributed by atoms with Gasteiger partial charge in [-0.05, 0) is 58.8 Å². The van der Waals surface area contributed by atoms with Crippen molar-refractivity contribution in [1.82, 2.24) is 9.80 Å². The Kier molecular flexibility index (Phi) is 4.85. The minimum Gasteiger partial charge on any atom is -0.481 e. The van der Waals surface area contributed by atoms with Crippen molar-refractivity contribution in [3.8, 4) is 0 Å². The van der Waals surface area contributed by atoms with E-state index in [1.807, 2.05) is 0 Å². The lowest BCUT2D eigenvalue weighted by Crippen LogP contribution is -2.53. The molecule has 2 heterocycles. The molecule has 2 fully saturated rings. The van der Waals surface area contributed by atoms with Crippen LogP contribution in [0, 0.1) is 5.41 Å². The summed E-state index contributed by atoms with van der Waals surface area (Å²) >= 11 is 0. The van der Waals surface area contributed by atoms with E-state index in [1.54, 1.807) is 0 Å². The maximum Gasteiger partial charge on any atom is 0.310 e. The zero-order valence-electron chi connectivity index (χ0n) is 12.4. The molecule has 4 nitrogen and oxygen atoms in total. The molecule has 1 atom stereocenters. The summed E-state index contributed by atoms with van der Waals surface area (Å²) in [6, 6.07) is 0.604. The molecule has 0 radical (unpaired) electrons. The molecule has 0 aliphatic carbocycles. The van der Waals surface area contributed by atoms with Crippen LogP contribution in [-0.4, -0.2) is 60.1 Å². The Morgan fingerprint density at radius 2 is 2.00 bits per heavy atom. The number of nitrogens with zero attached hydrogens (tertiary/aromatic N) is 2. The third-order valence-corrected chi connectivity index (χ3v) is 4.99. The van der Waals surface area contributed by atoms with Crippen LogP contribution in [0.1, 0.15) is 45.4 Å². The predicted octanol–water partition coefficient (Wildman–Crippen LogP) is 2.05. The summed E-state index contributed by atoms with van der Waals surface area (Å²) in [6.07, 6.45) is 6.08. The van der Waals surface area contributed by atoms with Gasteiger partial charge in [0.05, 0.1) is 5.41 Å². The molecule has 0 spiro atoms. The highest BCUT2D eigenvalue weighted by Gasteiger charge is 2.43. The van der Waals surface area contributed by atoms with E-state index < -0.39 is 11.4 Å². The monoisotopic (exact) mass is 268 g/mol. The number of likely N-dealkylation sites (tertiary alicyclic amines) is 2. The molecule has 2 aliphatic heterocycles. The van der Waals surface area contributed by atoms with E-state index in [4.69, 9.17) is 0 Å². The van der Waals surface area contributed by atoms with Gasteiger partial charge in [-0.2, -0.15) is 0 Å². The van der Waals surface area contributed by atoms with Gasteiger partial charge in [0.1, 0.15) is 0 Å². The lowest BCUT2D eigenvalue weighted by Gasteiger charge is -2.45. The van der Waals surface area contributed by atoms with E-state index in [0.29, 0.717) is 6.04 Å². The first-order valence-corrected chi connectivity index (χ1v) is 7.73. The van der Waals surface area contributed by atoms with E-state index >= 15 is 0 Å². The normalized spacial score (nSPS) is 31.5. The Morgan fingerprint density at radius 3 is 2.58 bits per heavy atom. The number of aliphatic carboxylic acids is 1. The number of piperidine rings is 2. The summed E-state index contributed by atoms with van der Waals surface area (Å²) in [4.78, 5) is 16.6. The number of carboxylic acid groups (broad SMARTS) is 1. The topological polar surface area (TPSA) is 43.8 Å². The minimum absolute atomic E-state index is 0.476. The number of carboxylic acids is 1. The number of rotatable bonds is 4. The van der Waals surface area contributed by atoms with Crippen LogP contribution < -0.4 is 0 Å². The van der Waals surface area contributed by atoms with Crippen LogP contribution in [0.5, 0.6) is 0 Å². The first kappa shape index (κ1) is 14.8. The first-order valence-electron chi connectivity index (χ1n) is 7.73. The SMILES string of the molecule is CCCC1(C(=O)O)CCCN(C2CCN(C)CC2)C1.